The van der Waals surface area contributed by atoms with E-state index in [1.165, 1.54) is 6.33 Å². The molecule has 21 heavy (non-hydrogen) atoms. The average Bonchev–Trinajstić information content (AvgIpc) is 2.81. The van der Waals surface area contributed by atoms with Crippen molar-refractivity contribution < 1.29 is 13.9 Å². The molecular formula is C15H17N3O3. The first-order valence-electron chi connectivity index (χ1n) is 6.91. The molecule has 0 radical (unpaired) electrons. The van der Waals surface area contributed by atoms with E-state index < -0.39 is 0 Å². The number of hydrogen-bond donors (Lipinski definition) is 0. The predicted molar refractivity (Wildman–Crippen MR) is 75.3 cm³/mol. The summed E-state index contributed by atoms with van der Waals surface area (Å²) < 4.78 is 10.5. The van der Waals surface area contributed by atoms with Gasteiger partial charge in [-0.1, -0.05) is 0 Å². The van der Waals surface area contributed by atoms with Gasteiger partial charge in [-0.15, -0.1) is 0 Å². The van der Waals surface area contributed by atoms with Gasteiger partial charge < -0.3 is 14.1 Å². The first-order valence-corrected chi connectivity index (χ1v) is 6.91. The van der Waals surface area contributed by atoms with Gasteiger partial charge in [-0.3, -0.25) is 4.79 Å². The van der Waals surface area contributed by atoms with Crippen molar-refractivity contribution in [3.05, 3.63) is 41.2 Å². The highest BCUT2D eigenvalue weighted by atomic mass is 16.5. The summed E-state index contributed by atoms with van der Waals surface area (Å²) in [6, 6.07) is 1.72. The van der Waals surface area contributed by atoms with Crippen LogP contribution < -0.4 is 4.74 Å². The highest BCUT2D eigenvalue weighted by molar-refractivity contribution is 5.95. The lowest BCUT2D eigenvalue weighted by Gasteiger charge is -2.19. The number of rotatable bonds is 2. The molecule has 0 bridgehead atoms. The Balaban J connectivity index is 1.82. The summed E-state index contributed by atoms with van der Waals surface area (Å²) in [4.78, 5) is 22.8. The largest absolute Gasteiger partial charge is 0.481 e. The molecule has 0 spiro atoms. The van der Waals surface area contributed by atoms with Crippen molar-refractivity contribution in [1.82, 2.24) is 14.9 Å². The van der Waals surface area contributed by atoms with E-state index in [-0.39, 0.29) is 5.91 Å². The molecule has 2 aromatic rings. The summed E-state index contributed by atoms with van der Waals surface area (Å²) in [5.74, 6) is 1.26. The molecule has 110 valence electrons. The summed E-state index contributed by atoms with van der Waals surface area (Å²) in [5, 5.41) is 0. The molecule has 1 aliphatic heterocycles. The molecule has 3 heterocycles. The Morgan fingerprint density at radius 3 is 2.86 bits per heavy atom. The number of aromatic nitrogens is 2. The molecule has 2 aromatic heterocycles. The van der Waals surface area contributed by atoms with Crippen LogP contribution in [-0.4, -0.2) is 41.0 Å². The van der Waals surface area contributed by atoms with Crippen molar-refractivity contribution in [2.75, 3.05) is 20.2 Å². The number of methoxy groups -OCH3 is 1. The number of carbonyl (C=O) groups is 1. The third-order valence-electron chi connectivity index (χ3n) is 3.82. The Morgan fingerprint density at radius 2 is 2.14 bits per heavy atom. The summed E-state index contributed by atoms with van der Waals surface area (Å²) >= 11 is 0. The van der Waals surface area contributed by atoms with Gasteiger partial charge in [0.05, 0.1) is 24.6 Å². The van der Waals surface area contributed by atoms with Crippen LogP contribution in [0.3, 0.4) is 0 Å². The summed E-state index contributed by atoms with van der Waals surface area (Å²) in [6.45, 7) is 3.06. The van der Waals surface area contributed by atoms with Crippen LogP contribution in [0.2, 0.25) is 0 Å². The van der Waals surface area contributed by atoms with Gasteiger partial charge in [0.15, 0.2) is 0 Å². The van der Waals surface area contributed by atoms with Crippen molar-refractivity contribution in [2.45, 2.75) is 19.8 Å². The number of ether oxygens (including phenoxy) is 1. The Kier molecular flexibility index (Phi) is 3.60. The minimum absolute atomic E-state index is 0.000909. The number of nitrogens with zero attached hydrogens (tertiary/aromatic N) is 3. The van der Waals surface area contributed by atoms with Crippen LogP contribution in [0.1, 0.15) is 27.4 Å². The molecule has 0 aromatic carbocycles. The summed E-state index contributed by atoms with van der Waals surface area (Å²) in [5.41, 5.74) is 2.58. The summed E-state index contributed by atoms with van der Waals surface area (Å²) in [7, 11) is 1.60. The first-order chi connectivity index (χ1) is 10.2. The maximum atomic E-state index is 12.5. The zero-order valence-electron chi connectivity index (χ0n) is 12.1. The monoisotopic (exact) mass is 287 g/mol. The van der Waals surface area contributed by atoms with Gasteiger partial charge in [0, 0.05) is 25.1 Å². The van der Waals surface area contributed by atoms with Crippen LogP contribution in [-0.2, 0) is 12.8 Å². The lowest BCUT2D eigenvalue weighted by molar-refractivity contribution is 0.0761. The standard InChI is InChI=1S/C15H17N3O3/c1-10-11(5-8-21-10)15(19)18-6-3-12-13(4-7-18)16-9-17-14(12)20-2/h5,8-9H,3-4,6-7H2,1-2H3. The maximum absolute atomic E-state index is 12.5. The van der Waals surface area contributed by atoms with E-state index in [2.05, 4.69) is 9.97 Å². The molecule has 1 amide bonds. The third kappa shape index (κ3) is 2.49. The highest BCUT2D eigenvalue weighted by Gasteiger charge is 2.24. The summed E-state index contributed by atoms with van der Waals surface area (Å²) in [6.07, 6.45) is 4.46. The fourth-order valence-corrected chi connectivity index (χ4v) is 2.65. The molecule has 0 N–H and O–H groups in total. The fourth-order valence-electron chi connectivity index (χ4n) is 2.65. The van der Waals surface area contributed by atoms with E-state index in [1.54, 1.807) is 26.4 Å². The van der Waals surface area contributed by atoms with Crippen LogP contribution in [0.15, 0.2) is 23.1 Å². The molecule has 0 unspecified atom stereocenters. The van der Waals surface area contributed by atoms with Crippen molar-refractivity contribution in [3.63, 3.8) is 0 Å². The van der Waals surface area contributed by atoms with E-state index in [1.807, 2.05) is 4.90 Å². The third-order valence-corrected chi connectivity index (χ3v) is 3.82. The highest BCUT2D eigenvalue weighted by Crippen LogP contribution is 2.23. The second-order valence-electron chi connectivity index (χ2n) is 4.99. The van der Waals surface area contributed by atoms with Crippen molar-refractivity contribution in [3.8, 4) is 5.88 Å². The van der Waals surface area contributed by atoms with Gasteiger partial charge in [-0.2, -0.15) is 0 Å². The zero-order valence-corrected chi connectivity index (χ0v) is 12.1. The Hall–Kier alpha value is -2.37. The van der Waals surface area contributed by atoms with Crippen molar-refractivity contribution in [2.24, 2.45) is 0 Å². The van der Waals surface area contributed by atoms with Crippen LogP contribution in [0.4, 0.5) is 0 Å². The van der Waals surface area contributed by atoms with Gasteiger partial charge in [-0.05, 0) is 19.4 Å². The molecular weight excluding hydrogens is 270 g/mol. The van der Waals surface area contributed by atoms with Crippen LogP contribution >= 0.6 is 0 Å². The topological polar surface area (TPSA) is 68.5 Å². The minimum atomic E-state index is 0.000909. The zero-order chi connectivity index (χ0) is 14.8. The second-order valence-corrected chi connectivity index (χ2v) is 4.99. The van der Waals surface area contributed by atoms with Crippen LogP contribution in [0, 0.1) is 6.92 Å². The number of aryl methyl sites for hydroxylation is 1. The molecule has 3 rings (SSSR count). The number of amides is 1. The number of fused-ring (bicyclic) bond motifs is 1. The first kappa shape index (κ1) is 13.6. The van der Waals surface area contributed by atoms with E-state index in [0.29, 0.717) is 43.1 Å². The SMILES string of the molecule is COc1ncnc2c1CCN(C(=O)c1ccoc1C)CC2. The van der Waals surface area contributed by atoms with Gasteiger partial charge in [0.1, 0.15) is 12.1 Å². The molecule has 0 fully saturated rings. The van der Waals surface area contributed by atoms with Gasteiger partial charge in [-0.25, -0.2) is 9.97 Å². The van der Waals surface area contributed by atoms with Crippen LogP contribution in [0.25, 0.3) is 0 Å². The smallest absolute Gasteiger partial charge is 0.257 e. The average molecular weight is 287 g/mol. The molecule has 0 saturated heterocycles. The van der Waals surface area contributed by atoms with Gasteiger partial charge in [0.25, 0.3) is 5.91 Å². The van der Waals surface area contributed by atoms with Crippen LogP contribution in [0.5, 0.6) is 5.88 Å². The fraction of sp³-hybridized carbons (Fsp3) is 0.400. The second kappa shape index (κ2) is 5.55. The van der Waals surface area contributed by atoms with E-state index >= 15 is 0 Å². The molecule has 6 heteroatoms. The minimum Gasteiger partial charge on any atom is -0.481 e. The van der Waals surface area contributed by atoms with Crippen molar-refractivity contribution >= 4 is 5.91 Å². The maximum Gasteiger partial charge on any atom is 0.257 e. The normalized spacial score (nSPS) is 14.5. The Labute approximate surface area is 122 Å². The predicted octanol–water partition coefficient (Wildman–Crippen LogP) is 1.63. The Bertz CT molecular complexity index is 666. The van der Waals surface area contributed by atoms with Gasteiger partial charge >= 0.3 is 0 Å². The molecule has 6 nitrogen and oxygen atoms in total. The number of carbonyl (C=O) groups excluding carboxylic acids is 1. The molecule has 1 aliphatic rings. The molecule has 0 saturated carbocycles. The van der Waals surface area contributed by atoms with E-state index in [4.69, 9.17) is 9.15 Å². The van der Waals surface area contributed by atoms with E-state index in [9.17, 15) is 4.79 Å². The lowest BCUT2D eigenvalue weighted by atomic mass is 10.1. The quantitative estimate of drug-likeness (QED) is 0.839. The number of furan rings is 1. The molecule has 0 atom stereocenters. The molecule has 0 aliphatic carbocycles. The Morgan fingerprint density at radius 1 is 1.33 bits per heavy atom. The lowest BCUT2D eigenvalue weighted by Crippen LogP contribution is -2.33. The number of hydrogen-bond acceptors (Lipinski definition) is 5. The van der Waals surface area contributed by atoms with Crippen molar-refractivity contribution in [1.29, 1.82) is 0 Å². The van der Waals surface area contributed by atoms with E-state index in [0.717, 1.165) is 11.3 Å². The van der Waals surface area contributed by atoms with Gasteiger partial charge in [0.2, 0.25) is 5.88 Å².